The van der Waals surface area contributed by atoms with E-state index in [4.69, 9.17) is 10.5 Å². The zero-order chi connectivity index (χ0) is 14.1. The quantitative estimate of drug-likeness (QED) is 0.890. The van der Waals surface area contributed by atoms with Crippen molar-refractivity contribution in [2.24, 2.45) is 5.73 Å². The van der Waals surface area contributed by atoms with Crippen LogP contribution in [0.2, 0.25) is 0 Å². The monoisotopic (exact) mass is 288 g/mol. The van der Waals surface area contributed by atoms with Crippen LogP contribution in [-0.4, -0.2) is 19.1 Å². The van der Waals surface area contributed by atoms with Gasteiger partial charge in [0.1, 0.15) is 12.4 Å². The van der Waals surface area contributed by atoms with Gasteiger partial charge in [0.15, 0.2) is 0 Å². The molecule has 2 aromatic rings. The van der Waals surface area contributed by atoms with E-state index in [0.29, 0.717) is 24.5 Å². The molecule has 20 heavy (non-hydrogen) atoms. The fraction of sp³-hybridized carbons (Fsp3) is 0.267. The Labute approximate surface area is 121 Å². The van der Waals surface area contributed by atoms with Crippen LogP contribution in [0.3, 0.4) is 0 Å². The Kier molecular flexibility index (Phi) is 3.46. The van der Waals surface area contributed by atoms with E-state index in [1.807, 2.05) is 25.1 Å². The fourth-order valence-corrected chi connectivity index (χ4v) is 3.22. The van der Waals surface area contributed by atoms with E-state index in [1.54, 1.807) is 11.3 Å². The Morgan fingerprint density at radius 1 is 1.40 bits per heavy atom. The molecule has 5 heteroatoms. The molecular weight excluding hydrogens is 272 g/mol. The zero-order valence-corrected chi connectivity index (χ0v) is 12.0. The maximum absolute atomic E-state index is 12.0. The van der Waals surface area contributed by atoms with Crippen LogP contribution in [0.15, 0.2) is 29.0 Å². The summed E-state index contributed by atoms with van der Waals surface area (Å²) >= 11 is 1.64. The standard InChI is InChI=1S/C15H16N2O2S/c1-9-7-20-8-12(9)14(16)10-2-3-13-11(6-10)15(18)17-4-5-19-13/h2-3,6-8,14H,4-5,16H2,1H3,(H,17,18). The van der Waals surface area contributed by atoms with Gasteiger partial charge in [-0.15, -0.1) is 0 Å². The first-order valence-electron chi connectivity index (χ1n) is 6.50. The largest absolute Gasteiger partial charge is 0.491 e. The first kappa shape index (κ1) is 13.1. The SMILES string of the molecule is Cc1cscc1C(N)c1ccc2c(c1)C(=O)NCCO2. The van der Waals surface area contributed by atoms with Crippen molar-refractivity contribution in [3.05, 3.63) is 51.2 Å². The number of hydrogen-bond acceptors (Lipinski definition) is 4. The first-order chi connectivity index (χ1) is 9.66. The van der Waals surface area contributed by atoms with Crippen molar-refractivity contribution in [2.45, 2.75) is 13.0 Å². The molecular formula is C15H16N2O2S. The Morgan fingerprint density at radius 2 is 2.25 bits per heavy atom. The van der Waals surface area contributed by atoms with Gasteiger partial charge in [0, 0.05) is 0 Å². The molecule has 4 nitrogen and oxygen atoms in total. The van der Waals surface area contributed by atoms with Crippen LogP contribution in [0.1, 0.15) is 33.1 Å². The van der Waals surface area contributed by atoms with Crippen molar-refractivity contribution < 1.29 is 9.53 Å². The molecule has 0 fully saturated rings. The van der Waals surface area contributed by atoms with Crippen molar-refractivity contribution in [1.29, 1.82) is 0 Å². The van der Waals surface area contributed by atoms with Crippen LogP contribution in [0.25, 0.3) is 0 Å². The van der Waals surface area contributed by atoms with Crippen molar-refractivity contribution >= 4 is 17.2 Å². The molecule has 1 atom stereocenters. The van der Waals surface area contributed by atoms with E-state index in [1.165, 1.54) is 5.56 Å². The number of nitrogens with two attached hydrogens (primary N) is 1. The van der Waals surface area contributed by atoms with Crippen molar-refractivity contribution in [3.63, 3.8) is 0 Å². The smallest absolute Gasteiger partial charge is 0.255 e. The van der Waals surface area contributed by atoms with E-state index in [2.05, 4.69) is 16.1 Å². The lowest BCUT2D eigenvalue weighted by molar-refractivity contribution is 0.0957. The second-order valence-corrected chi connectivity index (χ2v) is 5.59. The highest BCUT2D eigenvalue weighted by Gasteiger charge is 2.19. The molecule has 2 heterocycles. The highest BCUT2D eigenvalue weighted by molar-refractivity contribution is 7.08. The second kappa shape index (κ2) is 5.26. The lowest BCUT2D eigenvalue weighted by atomic mass is 9.97. The zero-order valence-electron chi connectivity index (χ0n) is 11.2. The molecule has 0 saturated heterocycles. The molecule has 1 aromatic carbocycles. The van der Waals surface area contributed by atoms with Crippen molar-refractivity contribution in [3.8, 4) is 5.75 Å². The number of benzene rings is 1. The minimum Gasteiger partial charge on any atom is -0.491 e. The molecule has 0 saturated carbocycles. The maximum Gasteiger partial charge on any atom is 0.255 e. The van der Waals surface area contributed by atoms with Crippen molar-refractivity contribution in [1.82, 2.24) is 5.32 Å². The molecule has 1 aliphatic heterocycles. The number of aryl methyl sites for hydroxylation is 1. The van der Waals surface area contributed by atoms with Gasteiger partial charge in [0.2, 0.25) is 0 Å². The first-order valence-corrected chi connectivity index (χ1v) is 7.44. The number of thiophene rings is 1. The number of carbonyl (C=O) groups excluding carboxylic acids is 1. The molecule has 0 radical (unpaired) electrons. The number of ether oxygens (including phenoxy) is 1. The van der Waals surface area contributed by atoms with Gasteiger partial charge >= 0.3 is 0 Å². The molecule has 0 bridgehead atoms. The number of amides is 1. The minimum absolute atomic E-state index is 0.103. The van der Waals surface area contributed by atoms with Crippen LogP contribution >= 0.6 is 11.3 Å². The van der Waals surface area contributed by atoms with Crippen LogP contribution < -0.4 is 15.8 Å². The van der Waals surface area contributed by atoms with Gasteiger partial charge in [-0.3, -0.25) is 4.79 Å². The van der Waals surface area contributed by atoms with E-state index in [9.17, 15) is 4.79 Å². The van der Waals surface area contributed by atoms with Gasteiger partial charge in [0.05, 0.1) is 18.2 Å². The van der Waals surface area contributed by atoms with Gasteiger partial charge in [-0.25, -0.2) is 0 Å². The third-order valence-electron chi connectivity index (χ3n) is 3.48. The average Bonchev–Trinajstić information content (AvgIpc) is 2.79. The summed E-state index contributed by atoms with van der Waals surface area (Å²) in [7, 11) is 0. The average molecular weight is 288 g/mol. The predicted octanol–water partition coefficient (Wildman–Crippen LogP) is 2.23. The van der Waals surface area contributed by atoms with Crippen LogP contribution in [0.5, 0.6) is 5.75 Å². The molecule has 1 unspecified atom stereocenters. The van der Waals surface area contributed by atoms with E-state index in [-0.39, 0.29) is 11.9 Å². The van der Waals surface area contributed by atoms with Gasteiger partial charge in [0.25, 0.3) is 5.91 Å². The Balaban J connectivity index is 2.00. The van der Waals surface area contributed by atoms with Gasteiger partial charge in [-0.2, -0.15) is 11.3 Å². The summed E-state index contributed by atoms with van der Waals surface area (Å²) in [5, 5.41) is 6.95. The number of hydrogen-bond donors (Lipinski definition) is 2. The number of nitrogens with one attached hydrogen (secondary N) is 1. The second-order valence-electron chi connectivity index (χ2n) is 4.85. The molecule has 3 rings (SSSR count). The van der Waals surface area contributed by atoms with Crippen LogP contribution in [-0.2, 0) is 0 Å². The van der Waals surface area contributed by atoms with Gasteiger partial charge in [-0.05, 0) is 46.5 Å². The van der Waals surface area contributed by atoms with E-state index in [0.717, 1.165) is 11.1 Å². The highest BCUT2D eigenvalue weighted by Crippen LogP contribution is 2.29. The number of carbonyl (C=O) groups is 1. The maximum atomic E-state index is 12.0. The number of rotatable bonds is 2. The number of fused-ring (bicyclic) bond motifs is 1. The summed E-state index contributed by atoms with van der Waals surface area (Å²) in [6.45, 7) is 3.07. The third kappa shape index (κ3) is 2.30. The summed E-state index contributed by atoms with van der Waals surface area (Å²) in [4.78, 5) is 12.0. The Bertz CT molecular complexity index is 651. The normalized spacial score (nSPS) is 15.8. The summed E-state index contributed by atoms with van der Waals surface area (Å²) in [6.07, 6.45) is 0. The molecule has 1 aromatic heterocycles. The van der Waals surface area contributed by atoms with E-state index >= 15 is 0 Å². The Hall–Kier alpha value is -1.85. The summed E-state index contributed by atoms with van der Waals surface area (Å²) in [6, 6.07) is 5.37. The van der Waals surface area contributed by atoms with Crippen LogP contribution in [0, 0.1) is 6.92 Å². The lowest BCUT2D eigenvalue weighted by Gasteiger charge is -2.14. The van der Waals surface area contributed by atoms with Crippen LogP contribution in [0.4, 0.5) is 0 Å². The highest BCUT2D eigenvalue weighted by atomic mass is 32.1. The molecule has 0 aliphatic carbocycles. The topological polar surface area (TPSA) is 64.4 Å². The van der Waals surface area contributed by atoms with E-state index < -0.39 is 0 Å². The Morgan fingerprint density at radius 3 is 3.00 bits per heavy atom. The minimum atomic E-state index is -0.220. The van der Waals surface area contributed by atoms with Gasteiger partial charge < -0.3 is 15.8 Å². The van der Waals surface area contributed by atoms with Gasteiger partial charge in [-0.1, -0.05) is 6.07 Å². The molecule has 0 spiro atoms. The molecule has 1 aliphatic rings. The molecule has 1 amide bonds. The summed E-state index contributed by atoms with van der Waals surface area (Å²) in [5.41, 5.74) is 10.1. The lowest BCUT2D eigenvalue weighted by Crippen LogP contribution is -2.24. The summed E-state index contributed by atoms with van der Waals surface area (Å²) in [5.74, 6) is 0.520. The fourth-order valence-electron chi connectivity index (χ4n) is 2.33. The van der Waals surface area contributed by atoms with Crippen molar-refractivity contribution in [2.75, 3.05) is 13.2 Å². The molecule has 104 valence electrons. The molecule has 3 N–H and O–H groups in total. The summed E-state index contributed by atoms with van der Waals surface area (Å²) < 4.78 is 5.55. The third-order valence-corrected chi connectivity index (χ3v) is 4.36. The predicted molar refractivity (Wildman–Crippen MR) is 79.4 cm³/mol.